The van der Waals surface area contributed by atoms with Gasteiger partial charge in [-0.2, -0.15) is 0 Å². The number of anilines is 1. The smallest absolute Gasteiger partial charge is 0.165 e. The molecule has 28 heavy (non-hydrogen) atoms. The number of Topliss-reactive ketones (excluding diaryl/α,β-unsaturated/α-hetero) is 1. The van der Waals surface area contributed by atoms with E-state index in [1.54, 1.807) is 24.3 Å². The predicted molar refractivity (Wildman–Crippen MR) is 113 cm³/mol. The molecule has 0 aromatic heterocycles. The highest BCUT2D eigenvalue weighted by Gasteiger charge is 2.18. The average molecular weight is 442 g/mol. The van der Waals surface area contributed by atoms with Gasteiger partial charge in [0.2, 0.25) is 0 Å². The third-order valence-corrected chi connectivity index (χ3v) is 4.86. The number of carbonyl (C=O) groups is 1. The second-order valence-corrected chi connectivity index (χ2v) is 7.26. The first kappa shape index (κ1) is 20.1. The van der Waals surface area contributed by atoms with Gasteiger partial charge in [-0.05, 0) is 61.0 Å². The van der Waals surface area contributed by atoms with Crippen molar-refractivity contribution in [3.8, 4) is 5.75 Å². The van der Waals surface area contributed by atoms with E-state index in [1.165, 1.54) is 12.1 Å². The Morgan fingerprint density at radius 2 is 1.64 bits per heavy atom. The fourth-order valence-corrected chi connectivity index (χ4v) is 3.17. The molecule has 0 saturated heterocycles. The Labute approximate surface area is 172 Å². The molecule has 0 aliphatic rings. The van der Waals surface area contributed by atoms with Crippen LogP contribution in [-0.4, -0.2) is 12.4 Å². The van der Waals surface area contributed by atoms with Gasteiger partial charge in [-0.15, -0.1) is 0 Å². The normalized spacial score (nSPS) is 11.7. The summed E-state index contributed by atoms with van der Waals surface area (Å²) in [7, 11) is 0. The summed E-state index contributed by atoms with van der Waals surface area (Å²) in [5.74, 6) is 0.515. The Kier molecular flexibility index (Phi) is 6.82. The minimum absolute atomic E-state index is 0.0287. The van der Waals surface area contributed by atoms with Crippen molar-refractivity contribution in [1.82, 2.24) is 0 Å². The van der Waals surface area contributed by atoms with Crippen molar-refractivity contribution in [1.29, 1.82) is 0 Å². The summed E-state index contributed by atoms with van der Waals surface area (Å²) in [6, 6.07) is 20.9. The van der Waals surface area contributed by atoms with E-state index in [1.807, 2.05) is 43.3 Å². The van der Waals surface area contributed by atoms with Crippen LogP contribution in [0.1, 0.15) is 35.3 Å². The second-order valence-electron chi connectivity index (χ2n) is 6.34. The lowest BCUT2D eigenvalue weighted by molar-refractivity contribution is 0.0976. The minimum Gasteiger partial charge on any atom is -0.494 e. The standard InChI is InChI=1S/C23H21BrFNO2/c1-2-28-21-13-5-16(6-14-21)22(26-20-11-9-19(25)10-12-20)15-23(27)17-3-7-18(24)8-4-17/h3-14,22,26H,2,15H2,1H3. The van der Waals surface area contributed by atoms with E-state index in [0.29, 0.717) is 12.2 Å². The molecule has 1 unspecified atom stereocenters. The van der Waals surface area contributed by atoms with Crippen LogP contribution in [0.25, 0.3) is 0 Å². The van der Waals surface area contributed by atoms with Crippen molar-refractivity contribution in [2.75, 3.05) is 11.9 Å². The summed E-state index contributed by atoms with van der Waals surface area (Å²) in [5.41, 5.74) is 2.36. The molecule has 3 rings (SSSR count). The van der Waals surface area contributed by atoms with Crippen molar-refractivity contribution in [2.45, 2.75) is 19.4 Å². The minimum atomic E-state index is -0.297. The Morgan fingerprint density at radius 3 is 2.25 bits per heavy atom. The number of benzene rings is 3. The monoisotopic (exact) mass is 441 g/mol. The van der Waals surface area contributed by atoms with E-state index < -0.39 is 0 Å². The number of carbonyl (C=O) groups excluding carboxylic acids is 1. The van der Waals surface area contributed by atoms with Crippen LogP contribution in [0, 0.1) is 5.82 Å². The van der Waals surface area contributed by atoms with E-state index in [9.17, 15) is 9.18 Å². The third kappa shape index (κ3) is 5.42. The molecule has 0 aliphatic carbocycles. The van der Waals surface area contributed by atoms with Gasteiger partial charge in [-0.1, -0.05) is 40.2 Å². The Morgan fingerprint density at radius 1 is 1.00 bits per heavy atom. The van der Waals surface area contributed by atoms with Crippen LogP contribution < -0.4 is 10.1 Å². The van der Waals surface area contributed by atoms with Crippen molar-refractivity contribution >= 4 is 27.4 Å². The fourth-order valence-electron chi connectivity index (χ4n) is 2.90. The third-order valence-electron chi connectivity index (χ3n) is 4.33. The molecule has 0 spiro atoms. The summed E-state index contributed by atoms with van der Waals surface area (Å²) in [5, 5.41) is 3.35. The lowest BCUT2D eigenvalue weighted by atomic mass is 9.97. The van der Waals surface area contributed by atoms with Crippen LogP contribution in [0.2, 0.25) is 0 Å². The number of halogens is 2. The van der Waals surface area contributed by atoms with Crippen molar-refractivity contribution in [3.05, 3.63) is 94.2 Å². The van der Waals surface area contributed by atoms with Gasteiger partial charge in [-0.25, -0.2) is 4.39 Å². The van der Waals surface area contributed by atoms with Crippen LogP contribution >= 0.6 is 15.9 Å². The van der Waals surface area contributed by atoms with Crippen LogP contribution in [-0.2, 0) is 0 Å². The maximum Gasteiger partial charge on any atom is 0.165 e. The summed E-state index contributed by atoms with van der Waals surface area (Å²) >= 11 is 3.39. The lowest BCUT2D eigenvalue weighted by Gasteiger charge is -2.20. The highest BCUT2D eigenvalue weighted by Crippen LogP contribution is 2.27. The average Bonchev–Trinajstić information content (AvgIpc) is 2.70. The van der Waals surface area contributed by atoms with Gasteiger partial charge in [0.1, 0.15) is 11.6 Å². The Hall–Kier alpha value is -2.66. The van der Waals surface area contributed by atoms with Crippen molar-refractivity contribution in [2.24, 2.45) is 0 Å². The number of ether oxygens (including phenoxy) is 1. The number of hydrogen-bond acceptors (Lipinski definition) is 3. The maximum absolute atomic E-state index is 13.2. The first-order chi connectivity index (χ1) is 13.5. The zero-order valence-electron chi connectivity index (χ0n) is 15.5. The molecule has 3 nitrogen and oxygen atoms in total. The molecular formula is C23H21BrFNO2. The van der Waals surface area contributed by atoms with E-state index >= 15 is 0 Å². The molecule has 1 atom stereocenters. The van der Waals surface area contributed by atoms with E-state index in [-0.39, 0.29) is 24.1 Å². The highest BCUT2D eigenvalue weighted by atomic mass is 79.9. The summed E-state index contributed by atoms with van der Waals surface area (Å²) < 4.78 is 19.7. The molecule has 3 aromatic rings. The second kappa shape index (κ2) is 9.51. The van der Waals surface area contributed by atoms with Crippen LogP contribution in [0.3, 0.4) is 0 Å². The van der Waals surface area contributed by atoms with Crippen LogP contribution in [0.15, 0.2) is 77.3 Å². The maximum atomic E-state index is 13.2. The van der Waals surface area contributed by atoms with Gasteiger partial charge in [0.05, 0.1) is 12.6 Å². The number of nitrogens with one attached hydrogen (secondary N) is 1. The molecule has 0 heterocycles. The number of ketones is 1. The van der Waals surface area contributed by atoms with Gasteiger partial charge in [0.15, 0.2) is 5.78 Å². The van der Waals surface area contributed by atoms with Crippen LogP contribution in [0.4, 0.5) is 10.1 Å². The number of hydrogen-bond donors (Lipinski definition) is 1. The SMILES string of the molecule is CCOc1ccc(C(CC(=O)c2ccc(Br)cc2)Nc2ccc(F)cc2)cc1. The fraction of sp³-hybridized carbons (Fsp3) is 0.174. The van der Waals surface area contributed by atoms with Crippen molar-refractivity contribution < 1.29 is 13.9 Å². The molecule has 0 amide bonds. The van der Waals surface area contributed by atoms with Gasteiger partial charge in [0.25, 0.3) is 0 Å². The molecule has 0 aliphatic heterocycles. The molecular weight excluding hydrogens is 421 g/mol. The molecule has 0 bridgehead atoms. The molecule has 1 N–H and O–H groups in total. The largest absolute Gasteiger partial charge is 0.494 e. The summed E-state index contributed by atoms with van der Waals surface area (Å²) in [4.78, 5) is 12.8. The highest BCUT2D eigenvalue weighted by molar-refractivity contribution is 9.10. The topological polar surface area (TPSA) is 38.3 Å². The molecule has 3 aromatic carbocycles. The van der Waals surface area contributed by atoms with Gasteiger partial charge < -0.3 is 10.1 Å². The predicted octanol–water partition coefficient (Wildman–Crippen LogP) is 6.41. The van der Waals surface area contributed by atoms with Crippen LogP contribution in [0.5, 0.6) is 5.75 Å². The van der Waals surface area contributed by atoms with Gasteiger partial charge in [0, 0.05) is 22.1 Å². The molecule has 0 fully saturated rings. The first-order valence-electron chi connectivity index (χ1n) is 9.09. The zero-order chi connectivity index (χ0) is 19.9. The molecule has 0 saturated carbocycles. The first-order valence-corrected chi connectivity index (χ1v) is 9.88. The molecule has 0 radical (unpaired) electrons. The zero-order valence-corrected chi connectivity index (χ0v) is 17.1. The number of rotatable bonds is 8. The van der Waals surface area contributed by atoms with E-state index in [4.69, 9.17) is 4.74 Å². The lowest BCUT2D eigenvalue weighted by Crippen LogP contribution is -2.16. The quantitative estimate of drug-likeness (QED) is 0.410. The summed E-state index contributed by atoms with van der Waals surface area (Å²) in [6.07, 6.45) is 0.271. The van der Waals surface area contributed by atoms with E-state index in [0.717, 1.165) is 21.5 Å². The molecule has 5 heteroatoms. The Bertz CT molecular complexity index is 909. The van der Waals surface area contributed by atoms with Crippen molar-refractivity contribution in [3.63, 3.8) is 0 Å². The Balaban J connectivity index is 1.83. The van der Waals surface area contributed by atoms with E-state index in [2.05, 4.69) is 21.2 Å². The van der Waals surface area contributed by atoms with Gasteiger partial charge in [-0.3, -0.25) is 4.79 Å². The van der Waals surface area contributed by atoms with Gasteiger partial charge >= 0.3 is 0 Å². The molecule has 144 valence electrons. The summed E-state index contributed by atoms with van der Waals surface area (Å²) in [6.45, 7) is 2.53.